The molecular formula is C50H35N. The summed E-state index contributed by atoms with van der Waals surface area (Å²) in [6, 6.07) is 76.7. The van der Waals surface area contributed by atoms with E-state index in [9.17, 15) is 0 Å². The summed E-state index contributed by atoms with van der Waals surface area (Å²) in [5, 5.41) is 4.97. The number of anilines is 3. The van der Waals surface area contributed by atoms with E-state index in [0.717, 1.165) is 17.1 Å². The minimum absolute atomic E-state index is 1.10. The van der Waals surface area contributed by atoms with Crippen molar-refractivity contribution in [3.05, 3.63) is 212 Å². The van der Waals surface area contributed by atoms with Crippen LogP contribution in [0.15, 0.2) is 212 Å². The maximum absolute atomic E-state index is 2.41. The molecule has 0 heterocycles. The van der Waals surface area contributed by atoms with E-state index in [1.807, 2.05) is 0 Å². The van der Waals surface area contributed by atoms with Crippen molar-refractivity contribution in [3.8, 4) is 44.5 Å². The van der Waals surface area contributed by atoms with E-state index in [4.69, 9.17) is 0 Å². The molecule has 0 radical (unpaired) electrons. The third kappa shape index (κ3) is 5.56. The fourth-order valence-corrected chi connectivity index (χ4v) is 7.59. The topological polar surface area (TPSA) is 3.24 Å². The molecule has 9 aromatic carbocycles. The highest BCUT2D eigenvalue weighted by Crippen LogP contribution is 2.52. The van der Waals surface area contributed by atoms with Gasteiger partial charge in [-0.25, -0.2) is 0 Å². The van der Waals surface area contributed by atoms with Crippen molar-refractivity contribution in [1.29, 1.82) is 0 Å². The maximum atomic E-state index is 2.41. The van der Waals surface area contributed by atoms with Crippen LogP contribution in [-0.4, -0.2) is 0 Å². The summed E-state index contributed by atoms with van der Waals surface area (Å²) in [6.07, 6.45) is 0. The van der Waals surface area contributed by atoms with Gasteiger partial charge in [-0.2, -0.15) is 0 Å². The molecule has 9 rings (SSSR count). The molecule has 0 amide bonds. The lowest BCUT2D eigenvalue weighted by Gasteiger charge is -2.30. The van der Waals surface area contributed by atoms with Crippen molar-refractivity contribution in [1.82, 2.24) is 0 Å². The molecule has 0 N–H and O–H groups in total. The normalized spacial score (nSPS) is 11.1. The number of hydrogen-bond donors (Lipinski definition) is 0. The van der Waals surface area contributed by atoms with E-state index < -0.39 is 0 Å². The van der Waals surface area contributed by atoms with Crippen molar-refractivity contribution >= 4 is 38.6 Å². The molecule has 0 spiro atoms. The molecule has 0 fully saturated rings. The molecule has 0 aliphatic carbocycles. The van der Waals surface area contributed by atoms with Crippen LogP contribution in [0.5, 0.6) is 0 Å². The van der Waals surface area contributed by atoms with Gasteiger partial charge in [0.15, 0.2) is 0 Å². The predicted octanol–water partition coefficient (Wildman–Crippen LogP) is 14.1. The molecule has 240 valence electrons. The average molecular weight is 650 g/mol. The van der Waals surface area contributed by atoms with Crippen LogP contribution >= 0.6 is 0 Å². The first-order valence-corrected chi connectivity index (χ1v) is 17.5. The van der Waals surface area contributed by atoms with Crippen molar-refractivity contribution < 1.29 is 0 Å². The Morgan fingerprint density at radius 2 is 0.647 bits per heavy atom. The van der Waals surface area contributed by atoms with Gasteiger partial charge in [0, 0.05) is 22.5 Å². The Kier molecular flexibility index (Phi) is 7.92. The van der Waals surface area contributed by atoms with Crippen molar-refractivity contribution in [2.24, 2.45) is 0 Å². The fourth-order valence-electron chi connectivity index (χ4n) is 7.59. The number of para-hydroxylation sites is 2. The lowest BCUT2D eigenvalue weighted by Crippen LogP contribution is -2.12. The molecule has 0 aliphatic rings. The monoisotopic (exact) mass is 649 g/mol. The molecule has 1 nitrogen and oxygen atoms in total. The van der Waals surface area contributed by atoms with Crippen LogP contribution in [0, 0.1) is 0 Å². The molecule has 0 atom stereocenters. The zero-order valence-electron chi connectivity index (χ0n) is 28.2. The third-order valence-corrected chi connectivity index (χ3v) is 9.86. The first-order valence-electron chi connectivity index (χ1n) is 17.5. The Labute approximate surface area is 299 Å². The number of benzene rings is 9. The summed E-state index contributed by atoms with van der Waals surface area (Å²) in [5.74, 6) is 0. The summed E-state index contributed by atoms with van der Waals surface area (Å²) in [7, 11) is 0. The zero-order chi connectivity index (χ0) is 34.0. The number of rotatable bonds is 7. The van der Waals surface area contributed by atoms with Crippen LogP contribution in [0.2, 0.25) is 0 Å². The Hall–Kier alpha value is -6.70. The van der Waals surface area contributed by atoms with E-state index in [1.54, 1.807) is 0 Å². The van der Waals surface area contributed by atoms with Gasteiger partial charge in [0.25, 0.3) is 0 Å². The molecule has 0 saturated heterocycles. The predicted molar refractivity (Wildman–Crippen MR) is 218 cm³/mol. The molecule has 0 saturated carbocycles. The fraction of sp³-hybridized carbons (Fsp3) is 0. The highest BCUT2D eigenvalue weighted by molar-refractivity contribution is 6.24. The standard InChI is InChI=1S/C50H35N/c1-5-18-36(19-6-1)37-32-34-38(35-33-37)42-30-17-31-47(51(40-22-9-3-10-23-40)41-24-11-4-12-25-41)49(42)50-46-29-16-14-27-44(46)43-26-13-15-28-45(43)48(50)39-20-7-2-8-21-39/h1-35H. The summed E-state index contributed by atoms with van der Waals surface area (Å²) in [4.78, 5) is 2.41. The van der Waals surface area contributed by atoms with E-state index >= 15 is 0 Å². The molecule has 0 aliphatic heterocycles. The third-order valence-electron chi connectivity index (χ3n) is 9.86. The van der Waals surface area contributed by atoms with Gasteiger partial charge in [-0.05, 0) is 85.3 Å². The summed E-state index contributed by atoms with van der Waals surface area (Å²) in [5.41, 5.74) is 12.9. The average Bonchev–Trinajstić information content (AvgIpc) is 3.22. The molecule has 0 aromatic heterocycles. The van der Waals surface area contributed by atoms with Gasteiger partial charge in [0.05, 0.1) is 5.69 Å². The molecule has 1 heteroatoms. The Morgan fingerprint density at radius 1 is 0.235 bits per heavy atom. The van der Waals surface area contributed by atoms with E-state index in [1.165, 1.54) is 66.1 Å². The highest BCUT2D eigenvalue weighted by atomic mass is 15.1. The van der Waals surface area contributed by atoms with Crippen LogP contribution in [0.3, 0.4) is 0 Å². The van der Waals surface area contributed by atoms with Gasteiger partial charge in [0.2, 0.25) is 0 Å². The molecule has 9 aromatic rings. The Bertz CT molecular complexity index is 2550. The number of fused-ring (bicyclic) bond motifs is 3. The highest BCUT2D eigenvalue weighted by Gasteiger charge is 2.26. The van der Waals surface area contributed by atoms with Crippen LogP contribution in [0.4, 0.5) is 17.1 Å². The number of nitrogens with zero attached hydrogens (tertiary/aromatic N) is 1. The van der Waals surface area contributed by atoms with Crippen molar-refractivity contribution in [3.63, 3.8) is 0 Å². The van der Waals surface area contributed by atoms with Gasteiger partial charge in [0.1, 0.15) is 0 Å². The van der Waals surface area contributed by atoms with Gasteiger partial charge < -0.3 is 4.90 Å². The molecule has 51 heavy (non-hydrogen) atoms. The van der Waals surface area contributed by atoms with Gasteiger partial charge in [-0.1, -0.05) is 182 Å². The lowest BCUT2D eigenvalue weighted by atomic mass is 9.81. The smallest absolute Gasteiger partial charge is 0.0546 e. The second-order valence-corrected chi connectivity index (χ2v) is 12.9. The summed E-state index contributed by atoms with van der Waals surface area (Å²) < 4.78 is 0. The maximum Gasteiger partial charge on any atom is 0.0546 e. The summed E-state index contributed by atoms with van der Waals surface area (Å²) in [6.45, 7) is 0. The van der Waals surface area contributed by atoms with Gasteiger partial charge in [-0.15, -0.1) is 0 Å². The lowest BCUT2D eigenvalue weighted by molar-refractivity contribution is 1.28. The van der Waals surface area contributed by atoms with Crippen LogP contribution in [0.25, 0.3) is 66.1 Å². The minimum Gasteiger partial charge on any atom is -0.310 e. The Balaban J connectivity index is 1.43. The second kappa shape index (κ2) is 13.3. The van der Waals surface area contributed by atoms with Crippen molar-refractivity contribution in [2.45, 2.75) is 0 Å². The van der Waals surface area contributed by atoms with Gasteiger partial charge in [-0.3, -0.25) is 0 Å². The first-order chi connectivity index (χ1) is 25.3. The van der Waals surface area contributed by atoms with Crippen molar-refractivity contribution in [2.75, 3.05) is 4.90 Å². The quantitative estimate of drug-likeness (QED) is 0.155. The molecule has 0 unspecified atom stereocenters. The second-order valence-electron chi connectivity index (χ2n) is 12.9. The van der Waals surface area contributed by atoms with Crippen LogP contribution in [0.1, 0.15) is 0 Å². The minimum atomic E-state index is 1.10. The van der Waals surface area contributed by atoms with Gasteiger partial charge >= 0.3 is 0 Å². The van der Waals surface area contributed by atoms with E-state index in [-0.39, 0.29) is 0 Å². The summed E-state index contributed by atoms with van der Waals surface area (Å²) >= 11 is 0. The van der Waals surface area contributed by atoms with Crippen LogP contribution in [-0.2, 0) is 0 Å². The van der Waals surface area contributed by atoms with E-state index in [2.05, 4.69) is 217 Å². The SMILES string of the molecule is c1ccc(-c2ccc(-c3cccc(N(c4ccccc4)c4ccccc4)c3-c3c(-c4ccccc4)c4ccccc4c4ccccc34)cc2)cc1. The number of hydrogen-bond acceptors (Lipinski definition) is 1. The van der Waals surface area contributed by atoms with Crippen LogP contribution < -0.4 is 4.90 Å². The first kappa shape index (κ1) is 30.4. The Morgan fingerprint density at radius 3 is 1.20 bits per heavy atom. The van der Waals surface area contributed by atoms with E-state index in [0.29, 0.717) is 0 Å². The largest absolute Gasteiger partial charge is 0.310 e. The molecular weight excluding hydrogens is 615 g/mol. The zero-order valence-corrected chi connectivity index (χ0v) is 28.2. The molecule has 0 bridgehead atoms.